The molecule has 1 atom stereocenters. The number of carbonyl (C=O) groups is 1. The first-order valence-electron chi connectivity index (χ1n) is 6.09. The van der Waals surface area contributed by atoms with Crippen molar-refractivity contribution in [2.24, 2.45) is 5.92 Å². The molecule has 1 aliphatic heterocycles. The van der Waals surface area contributed by atoms with Crippen LogP contribution >= 0.6 is 0 Å². The SMILES string of the molecule is C=CCC1CCCCCCCC(=O)OC1. The third-order valence-corrected chi connectivity index (χ3v) is 2.97. The van der Waals surface area contributed by atoms with Crippen molar-refractivity contribution in [1.82, 2.24) is 0 Å². The molecule has 0 aromatic heterocycles. The summed E-state index contributed by atoms with van der Waals surface area (Å²) in [6, 6.07) is 0. The second-order valence-electron chi connectivity index (χ2n) is 4.38. The molecule has 86 valence electrons. The molecule has 0 amide bonds. The molecule has 0 N–H and O–H groups in total. The van der Waals surface area contributed by atoms with E-state index in [1.54, 1.807) is 0 Å². The second-order valence-corrected chi connectivity index (χ2v) is 4.38. The summed E-state index contributed by atoms with van der Waals surface area (Å²) in [4.78, 5) is 11.3. The lowest BCUT2D eigenvalue weighted by Gasteiger charge is -2.14. The summed E-state index contributed by atoms with van der Waals surface area (Å²) >= 11 is 0. The highest BCUT2D eigenvalue weighted by molar-refractivity contribution is 5.69. The summed E-state index contributed by atoms with van der Waals surface area (Å²) in [5.41, 5.74) is 0. The number of esters is 1. The molecule has 1 fully saturated rings. The van der Waals surface area contributed by atoms with E-state index in [1.165, 1.54) is 32.1 Å². The molecule has 0 bridgehead atoms. The number of rotatable bonds is 2. The van der Waals surface area contributed by atoms with E-state index in [2.05, 4.69) is 6.58 Å². The van der Waals surface area contributed by atoms with E-state index in [9.17, 15) is 4.79 Å². The fourth-order valence-corrected chi connectivity index (χ4v) is 2.02. The van der Waals surface area contributed by atoms with Gasteiger partial charge >= 0.3 is 5.97 Å². The third kappa shape index (κ3) is 5.60. The third-order valence-electron chi connectivity index (χ3n) is 2.97. The average molecular weight is 210 g/mol. The number of carbonyl (C=O) groups excluding carboxylic acids is 1. The minimum atomic E-state index is -0.0223. The van der Waals surface area contributed by atoms with Crippen molar-refractivity contribution in [3.8, 4) is 0 Å². The molecule has 1 heterocycles. The Kier molecular flexibility index (Phi) is 6.14. The van der Waals surface area contributed by atoms with Crippen LogP contribution in [-0.2, 0) is 9.53 Å². The van der Waals surface area contributed by atoms with Gasteiger partial charge in [0, 0.05) is 6.42 Å². The van der Waals surface area contributed by atoms with E-state index in [-0.39, 0.29) is 5.97 Å². The fourth-order valence-electron chi connectivity index (χ4n) is 2.02. The Morgan fingerprint density at radius 2 is 2.00 bits per heavy atom. The molecule has 0 spiro atoms. The van der Waals surface area contributed by atoms with E-state index < -0.39 is 0 Å². The zero-order chi connectivity index (χ0) is 10.9. The molecule has 15 heavy (non-hydrogen) atoms. The van der Waals surface area contributed by atoms with Crippen LogP contribution in [0, 0.1) is 5.92 Å². The second kappa shape index (κ2) is 7.49. The van der Waals surface area contributed by atoms with Crippen molar-refractivity contribution in [3.05, 3.63) is 12.7 Å². The number of hydrogen-bond acceptors (Lipinski definition) is 2. The Hall–Kier alpha value is -0.790. The smallest absolute Gasteiger partial charge is 0.305 e. The number of allylic oxidation sites excluding steroid dienone is 1. The molecule has 0 saturated carbocycles. The molecular weight excluding hydrogens is 188 g/mol. The highest BCUT2D eigenvalue weighted by atomic mass is 16.5. The molecule has 1 rings (SSSR count). The summed E-state index contributed by atoms with van der Waals surface area (Å²) in [7, 11) is 0. The van der Waals surface area contributed by atoms with Gasteiger partial charge in [-0.25, -0.2) is 0 Å². The summed E-state index contributed by atoms with van der Waals surface area (Å²) < 4.78 is 5.25. The van der Waals surface area contributed by atoms with Gasteiger partial charge < -0.3 is 4.74 Å². The van der Waals surface area contributed by atoms with E-state index in [0.29, 0.717) is 18.9 Å². The van der Waals surface area contributed by atoms with Crippen molar-refractivity contribution in [3.63, 3.8) is 0 Å². The minimum Gasteiger partial charge on any atom is -0.465 e. The molecule has 0 aromatic carbocycles. The van der Waals surface area contributed by atoms with Crippen molar-refractivity contribution >= 4 is 5.97 Å². The Balaban J connectivity index is 2.37. The van der Waals surface area contributed by atoms with Gasteiger partial charge in [0.1, 0.15) is 0 Å². The molecule has 0 radical (unpaired) electrons. The number of hydrogen-bond donors (Lipinski definition) is 0. The van der Waals surface area contributed by atoms with Crippen LogP contribution in [0.1, 0.15) is 51.4 Å². The van der Waals surface area contributed by atoms with Crippen LogP contribution in [-0.4, -0.2) is 12.6 Å². The normalized spacial score (nSPS) is 25.1. The summed E-state index contributed by atoms with van der Waals surface area (Å²) in [5.74, 6) is 0.468. The molecule has 2 nitrogen and oxygen atoms in total. The maximum atomic E-state index is 11.3. The molecule has 1 unspecified atom stereocenters. The quantitative estimate of drug-likeness (QED) is 0.515. The average Bonchev–Trinajstić information content (AvgIpc) is 2.27. The predicted octanol–water partition coefficient (Wildman–Crippen LogP) is 3.47. The number of ether oxygens (including phenoxy) is 1. The largest absolute Gasteiger partial charge is 0.465 e. The first-order valence-corrected chi connectivity index (χ1v) is 6.09. The monoisotopic (exact) mass is 210 g/mol. The van der Waals surface area contributed by atoms with Gasteiger partial charge in [-0.3, -0.25) is 4.79 Å². The van der Waals surface area contributed by atoms with Crippen molar-refractivity contribution in [2.75, 3.05) is 6.61 Å². The van der Waals surface area contributed by atoms with Crippen LogP contribution in [0.2, 0.25) is 0 Å². The lowest BCUT2D eigenvalue weighted by Crippen LogP contribution is -2.13. The lowest BCUT2D eigenvalue weighted by molar-refractivity contribution is -0.145. The minimum absolute atomic E-state index is 0.0223. The van der Waals surface area contributed by atoms with E-state index in [0.717, 1.165) is 12.8 Å². The highest BCUT2D eigenvalue weighted by Gasteiger charge is 2.11. The van der Waals surface area contributed by atoms with Crippen molar-refractivity contribution < 1.29 is 9.53 Å². The van der Waals surface area contributed by atoms with Crippen molar-refractivity contribution in [2.45, 2.75) is 51.4 Å². The van der Waals surface area contributed by atoms with Gasteiger partial charge in [0.15, 0.2) is 0 Å². The molecule has 1 saturated heterocycles. The lowest BCUT2D eigenvalue weighted by atomic mass is 9.98. The highest BCUT2D eigenvalue weighted by Crippen LogP contribution is 2.18. The summed E-state index contributed by atoms with van der Waals surface area (Å²) in [6.45, 7) is 4.34. The topological polar surface area (TPSA) is 26.3 Å². The summed E-state index contributed by atoms with van der Waals surface area (Å²) in [5, 5.41) is 0. The molecule has 0 aliphatic carbocycles. The number of cyclic esters (lactones) is 1. The van der Waals surface area contributed by atoms with Gasteiger partial charge in [0.2, 0.25) is 0 Å². The Morgan fingerprint density at radius 3 is 2.80 bits per heavy atom. The van der Waals surface area contributed by atoms with Gasteiger partial charge in [-0.1, -0.05) is 31.8 Å². The predicted molar refractivity (Wildman–Crippen MR) is 61.6 cm³/mol. The molecular formula is C13H22O2. The van der Waals surface area contributed by atoms with Crippen LogP contribution < -0.4 is 0 Å². The van der Waals surface area contributed by atoms with Crippen LogP contribution in [0.3, 0.4) is 0 Å². The Bertz CT molecular complexity index is 199. The van der Waals surface area contributed by atoms with Crippen LogP contribution in [0.4, 0.5) is 0 Å². The van der Waals surface area contributed by atoms with Gasteiger partial charge in [-0.05, 0) is 25.2 Å². The Morgan fingerprint density at radius 1 is 1.27 bits per heavy atom. The molecule has 2 heteroatoms. The van der Waals surface area contributed by atoms with Crippen LogP contribution in [0.25, 0.3) is 0 Å². The molecule has 1 aliphatic rings. The van der Waals surface area contributed by atoms with Gasteiger partial charge in [-0.15, -0.1) is 6.58 Å². The molecule has 0 aromatic rings. The first kappa shape index (κ1) is 12.3. The van der Waals surface area contributed by atoms with Crippen LogP contribution in [0.15, 0.2) is 12.7 Å². The van der Waals surface area contributed by atoms with Crippen molar-refractivity contribution in [1.29, 1.82) is 0 Å². The van der Waals surface area contributed by atoms with Crippen LogP contribution in [0.5, 0.6) is 0 Å². The Labute approximate surface area is 92.7 Å². The van der Waals surface area contributed by atoms with E-state index >= 15 is 0 Å². The van der Waals surface area contributed by atoms with E-state index in [4.69, 9.17) is 4.74 Å². The van der Waals surface area contributed by atoms with Gasteiger partial charge in [0.05, 0.1) is 6.61 Å². The van der Waals surface area contributed by atoms with Gasteiger partial charge in [-0.2, -0.15) is 0 Å². The van der Waals surface area contributed by atoms with E-state index in [1.807, 2.05) is 6.08 Å². The fraction of sp³-hybridized carbons (Fsp3) is 0.769. The standard InChI is InChI=1S/C13H22O2/c1-2-8-12-9-6-4-3-5-7-10-13(14)15-11-12/h2,12H,1,3-11H2. The zero-order valence-corrected chi connectivity index (χ0v) is 9.54. The summed E-state index contributed by atoms with van der Waals surface area (Å²) in [6.07, 6.45) is 10.6. The van der Waals surface area contributed by atoms with Gasteiger partial charge in [0.25, 0.3) is 0 Å². The maximum absolute atomic E-state index is 11.3. The first-order chi connectivity index (χ1) is 7.33. The zero-order valence-electron chi connectivity index (χ0n) is 9.54. The maximum Gasteiger partial charge on any atom is 0.305 e.